The lowest BCUT2D eigenvalue weighted by atomic mass is 9.70. The molecule has 1 aliphatic carbocycles. The molecule has 2 aliphatic rings. The predicted molar refractivity (Wildman–Crippen MR) is 79.9 cm³/mol. The highest BCUT2D eigenvalue weighted by molar-refractivity contribution is 5.74. The Morgan fingerprint density at radius 1 is 1.29 bits per heavy atom. The number of hydrogen-bond acceptors (Lipinski definition) is 4. The topological polar surface area (TPSA) is 49.8 Å². The molecule has 1 aromatic rings. The van der Waals surface area contributed by atoms with Crippen LogP contribution in [0.15, 0.2) is 30.3 Å². The Hall–Kier alpha value is -1.60. The second-order valence-electron chi connectivity index (χ2n) is 6.70. The molecule has 132 valence electrons. The molecule has 1 aromatic carbocycles. The Bertz CT molecular complexity index is 584. The van der Waals surface area contributed by atoms with Crippen molar-refractivity contribution < 1.29 is 27.8 Å². The molecule has 3 rings (SSSR count). The Kier molecular flexibility index (Phi) is 4.57. The number of esters is 1. The van der Waals surface area contributed by atoms with Crippen molar-refractivity contribution in [3.63, 3.8) is 0 Å². The van der Waals surface area contributed by atoms with E-state index in [-0.39, 0.29) is 6.10 Å². The number of benzene rings is 1. The summed E-state index contributed by atoms with van der Waals surface area (Å²) in [5.41, 5.74) is -1.56. The molecule has 1 aliphatic heterocycles. The highest BCUT2D eigenvalue weighted by atomic mass is 19.4. The summed E-state index contributed by atoms with van der Waals surface area (Å²) in [6.45, 7) is 2.12. The third-order valence-corrected chi connectivity index (χ3v) is 4.79. The first-order chi connectivity index (χ1) is 11.3. The van der Waals surface area contributed by atoms with Crippen molar-refractivity contribution in [1.29, 1.82) is 0 Å². The fourth-order valence-electron chi connectivity index (χ4n) is 3.29. The molecule has 0 bridgehead atoms. The van der Waals surface area contributed by atoms with Gasteiger partial charge in [-0.2, -0.15) is 13.2 Å². The molecular formula is C17H20F3NO3. The molecule has 1 saturated carbocycles. The molecule has 24 heavy (non-hydrogen) atoms. The van der Waals surface area contributed by atoms with E-state index < -0.39 is 36.5 Å². The van der Waals surface area contributed by atoms with E-state index in [4.69, 9.17) is 4.74 Å². The minimum absolute atomic E-state index is 0.291. The van der Waals surface area contributed by atoms with Gasteiger partial charge in [0.05, 0.1) is 5.92 Å². The molecule has 0 aromatic heterocycles. The third-order valence-electron chi connectivity index (χ3n) is 4.79. The lowest BCUT2D eigenvalue weighted by Crippen LogP contribution is -2.57. The second kappa shape index (κ2) is 6.37. The number of alkyl halides is 3. The van der Waals surface area contributed by atoms with E-state index >= 15 is 0 Å². The van der Waals surface area contributed by atoms with Crippen LogP contribution in [0.3, 0.4) is 0 Å². The molecule has 0 amide bonds. The van der Waals surface area contributed by atoms with Crippen LogP contribution in [0.5, 0.6) is 0 Å². The molecule has 1 saturated heterocycles. The van der Waals surface area contributed by atoms with Crippen LogP contribution in [0.25, 0.3) is 0 Å². The summed E-state index contributed by atoms with van der Waals surface area (Å²) in [6, 6.07) is 9.90. The number of halogens is 3. The van der Waals surface area contributed by atoms with Crippen molar-refractivity contribution in [3.8, 4) is 0 Å². The number of hydrogen-bond donors (Lipinski definition) is 1. The number of nitrogens with zero attached hydrogens (tertiary/aromatic N) is 1. The number of aliphatic hydroxyl groups is 1. The molecule has 0 spiro atoms. The molecule has 2 fully saturated rings. The maximum Gasteiger partial charge on any atom is 0.417 e. The van der Waals surface area contributed by atoms with Crippen molar-refractivity contribution >= 4 is 5.97 Å². The number of ether oxygens (including phenoxy) is 1. The molecule has 1 heterocycles. The Morgan fingerprint density at radius 2 is 1.96 bits per heavy atom. The normalized spacial score (nSPS) is 30.8. The largest absolute Gasteiger partial charge is 0.461 e. The van der Waals surface area contributed by atoms with Gasteiger partial charge in [0.1, 0.15) is 6.10 Å². The van der Waals surface area contributed by atoms with Gasteiger partial charge in [0.2, 0.25) is 0 Å². The predicted octanol–water partition coefficient (Wildman–Crippen LogP) is 2.51. The lowest BCUT2D eigenvalue weighted by molar-refractivity contribution is -0.298. The first kappa shape index (κ1) is 17.2. The van der Waals surface area contributed by atoms with Gasteiger partial charge in [-0.1, -0.05) is 30.3 Å². The molecule has 1 atom stereocenters. The van der Waals surface area contributed by atoms with Crippen LogP contribution in [-0.2, 0) is 16.1 Å². The zero-order valence-corrected chi connectivity index (χ0v) is 13.1. The van der Waals surface area contributed by atoms with Gasteiger partial charge < -0.3 is 9.84 Å². The third kappa shape index (κ3) is 3.57. The van der Waals surface area contributed by atoms with Crippen LogP contribution in [0.1, 0.15) is 24.8 Å². The monoisotopic (exact) mass is 343 g/mol. The van der Waals surface area contributed by atoms with Crippen LogP contribution in [0, 0.1) is 5.92 Å². The standard InChI is InChI=1S/C17H20F3NO3/c18-17(19,20)16(23)8-13(9-16)15(22)24-14-6-7-21(11-14)10-12-4-2-1-3-5-12/h1-5,13-14,23H,6-11H2. The van der Waals surface area contributed by atoms with E-state index in [9.17, 15) is 23.1 Å². The van der Waals surface area contributed by atoms with Gasteiger partial charge in [0, 0.05) is 19.6 Å². The zero-order valence-electron chi connectivity index (χ0n) is 13.1. The molecule has 1 unspecified atom stereocenters. The van der Waals surface area contributed by atoms with Crippen molar-refractivity contribution in [2.24, 2.45) is 5.92 Å². The molecule has 7 heteroatoms. The summed E-state index contributed by atoms with van der Waals surface area (Å²) in [7, 11) is 0. The summed E-state index contributed by atoms with van der Waals surface area (Å²) in [5, 5.41) is 9.39. The van der Waals surface area contributed by atoms with Gasteiger partial charge in [0.25, 0.3) is 0 Å². The van der Waals surface area contributed by atoms with Crippen LogP contribution in [-0.4, -0.2) is 46.9 Å². The van der Waals surface area contributed by atoms with Gasteiger partial charge in [-0.05, 0) is 24.8 Å². The SMILES string of the molecule is O=C(OC1CCN(Cc2ccccc2)C1)C1CC(O)(C(F)(F)F)C1. The Labute approximate surface area is 138 Å². The Balaban J connectivity index is 1.44. The van der Waals surface area contributed by atoms with Gasteiger partial charge in [-0.3, -0.25) is 9.69 Å². The smallest absolute Gasteiger partial charge is 0.417 e. The van der Waals surface area contributed by atoms with E-state index in [1.807, 2.05) is 30.3 Å². The number of rotatable bonds is 4. The van der Waals surface area contributed by atoms with Crippen molar-refractivity contribution in [3.05, 3.63) is 35.9 Å². The minimum Gasteiger partial charge on any atom is -0.461 e. The highest BCUT2D eigenvalue weighted by Gasteiger charge is 2.63. The van der Waals surface area contributed by atoms with E-state index in [1.165, 1.54) is 5.56 Å². The fourth-order valence-corrected chi connectivity index (χ4v) is 3.29. The minimum atomic E-state index is -4.69. The summed E-state index contributed by atoms with van der Waals surface area (Å²) in [6.07, 6.45) is -5.51. The van der Waals surface area contributed by atoms with Gasteiger partial charge >= 0.3 is 12.1 Å². The van der Waals surface area contributed by atoms with Gasteiger partial charge in [0.15, 0.2) is 5.60 Å². The molecule has 0 radical (unpaired) electrons. The van der Waals surface area contributed by atoms with Crippen LogP contribution in [0.2, 0.25) is 0 Å². The van der Waals surface area contributed by atoms with Crippen LogP contribution in [0.4, 0.5) is 13.2 Å². The quantitative estimate of drug-likeness (QED) is 0.854. The maximum atomic E-state index is 12.6. The van der Waals surface area contributed by atoms with Crippen LogP contribution < -0.4 is 0 Å². The van der Waals surface area contributed by atoms with Crippen molar-refractivity contribution in [1.82, 2.24) is 4.90 Å². The summed E-state index contributed by atoms with van der Waals surface area (Å²) in [5.74, 6) is -1.49. The first-order valence-corrected chi connectivity index (χ1v) is 8.03. The maximum absolute atomic E-state index is 12.6. The fraction of sp³-hybridized carbons (Fsp3) is 0.588. The van der Waals surface area contributed by atoms with E-state index in [0.29, 0.717) is 13.0 Å². The molecule has 1 N–H and O–H groups in total. The van der Waals surface area contributed by atoms with Crippen LogP contribution >= 0.6 is 0 Å². The Morgan fingerprint density at radius 3 is 2.58 bits per heavy atom. The second-order valence-corrected chi connectivity index (χ2v) is 6.70. The number of carbonyl (C=O) groups excluding carboxylic acids is 1. The summed E-state index contributed by atoms with van der Waals surface area (Å²) >= 11 is 0. The van der Waals surface area contributed by atoms with Crippen molar-refractivity contribution in [2.75, 3.05) is 13.1 Å². The first-order valence-electron chi connectivity index (χ1n) is 8.03. The van der Waals surface area contributed by atoms with Gasteiger partial charge in [-0.15, -0.1) is 0 Å². The summed E-state index contributed by atoms with van der Waals surface area (Å²) in [4.78, 5) is 14.1. The number of carbonyl (C=O) groups is 1. The average molecular weight is 343 g/mol. The molecular weight excluding hydrogens is 323 g/mol. The molecule has 4 nitrogen and oxygen atoms in total. The number of likely N-dealkylation sites (tertiary alicyclic amines) is 1. The average Bonchev–Trinajstić information content (AvgIpc) is 2.90. The lowest BCUT2D eigenvalue weighted by Gasteiger charge is -2.43. The zero-order chi connectivity index (χ0) is 17.4. The summed E-state index contributed by atoms with van der Waals surface area (Å²) < 4.78 is 43.1. The van der Waals surface area contributed by atoms with E-state index in [1.54, 1.807) is 0 Å². The highest BCUT2D eigenvalue weighted by Crippen LogP contribution is 2.49. The van der Waals surface area contributed by atoms with Crippen molar-refractivity contribution in [2.45, 2.75) is 43.7 Å². The van der Waals surface area contributed by atoms with Gasteiger partial charge in [-0.25, -0.2) is 0 Å². The van der Waals surface area contributed by atoms with E-state index in [2.05, 4.69) is 4.90 Å². The van der Waals surface area contributed by atoms with E-state index in [0.717, 1.165) is 13.1 Å².